The number of carbonyl (C=O) groups is 1. The minimum absolute atomic E-state index is 0. The molecular weight excluding hydrogens is 369 g/mol. The number of rotatable bonds is 7. The van der Waals surface area contributed by atoms with Gasteiger partial charge in [0.15, 0.2) is 0 Å². The molecule has 4 nitrogen and oxygen atoms in total. The molecule has 3 N–H and O–H groups in total. The molecule has 1 aromatic carbocycles. The predicted octanol–water partition coefficient (Wildman–Crippen LogP) is 3.94. The Labute approximate surface area is 171 Å². The van der Waals surface area contributed by atoms with Gasteiger partial charge in [-0.25, -0.2) is 0 Å². The van der Waals surface area contributed by atoms with Crippen molar-refractivity contribution in [2.24, 2.45) is 11.1 Å². The summed E-state index contributed by atoms with van der Waals surface area (Å²) >= 11 is 0. The lowest BCUT2D eigenvalue weighted by molar-refractivity contribution is -0.132. The van der Waals surface area contributed by atoms with Crippen LogP contribution in [0, 0.1) is 5.41 Å². The summed E-state index contributed by atoms with van der Waals surface area (Å²) in [7, 11) is 0. The van der Waals surface area contributed by atoms with Crippen LogP contribution >= 0.6 is 24.8 Å². The Balaban J connectivity index is 0.00000312. The molecule has 1 aliphatic rings. The molecule has 0 spiro atoms. The van der Waals surface area contributed by atoms with E-state index in [1.807, 2.05) is 0 Å². The Kier molecular flexibility index (Phi) is 11.4. The lowest BCUT2D eigenvalue weighted by Crippen LogP contribution is -2.51. The van der Waals surface area contributed by atoms with E-state index in [2.05, 4.69) is 61.3 Å². The first kappa shape index (κ1) is 25.2. The number of nitrogens with one attached hydrogen (secondary N) is 1. The first-order valence-corrected chi connectivity index (χ1v) is 9.36. The van der Waals surface area contributed by atoms with Crippen molar-refractivity contribution in [2.75, 3.05) is 19.6 Å². The highest BCUT2D eigenvalue weighted by molar-refractivity contribution is 5.85. The van der Waals surface area contributed by atoms with E-state index in [1.165, 1.54) is 5.56 Å². The van der Waals surface area contributed by atoms with E-state index in [1.54, 1.807) is 0 Å². The van der Waals surface area contributed by atoms with Crippen LogP contribution in [0.3, 0.4) is 0 Å². The van der Waals surface area contributed by atoms with Gasteiger partial charge in [-0.1, -0.05) is 44.2 Å². The fourth-order valence-electron chi connectivity index (χ4n) is 3.66. The van der Waals surface area contributed by atoms with E-state index in [-0.39, 0.29) is 36.8 Å². The molecule has 150 valence electrons. The molecule has 1 heterocycles. The molecule has 1 unspecified atom stereocenters. The number of amides is 1. The molecule has 0 saturated carbocycles. The number of nitrogens with two attached hydrogens (primary N) is 1. The number of benzene rings is 1. The van der Waals surface area contributed by atoms with E-state index in [4.69, 9.17) is 5.73 Å². The quantitative estimate of drug-likeness (QED) is 0.724. The first-order chi connectivity index (χ1) is 11.6. The van der Waals surface area contributed by atoms with Crippen LogP contribution in [-0.4, -0.2) is 36.5 Å². The maximum Gasteiger partial charge on any atom is 0.227 e. The lowest BCUT2D eigenvalue weighted by Gasteiger charge is -2.38. The summed E-state index contributed by atoms with van der Waals surface area (Å²) in [6.07, 6.45) is 3.62. The maximum atomic E-state index is 12.7. The second-order valence-electron chi connectivity index (χ2n) is 7.06. The van der Waals surface area contributed by atoms with Crippen LogP contribution in [0.4, 0.5) is 0 Å². The van der Waals surface area contributed by atoms with Gasteiger partial charge in [0.2, 0.25) is 5.91 Å². The van der Waals surface area contributed by atoms with Gasteiger partial charge in [0.05, 0.1) is 5.41 Å². The molecule has 1 aromatic rings. The average Bonchev–Trinajstić information content (AvgIpc) is 2.64. The molecule has 2 rings (SSSR count). The molecule has 6 heteroatoms. The van der Waals surface area contributed by atoms with Gasteiger partial charge in [0.25, 0.3) is 0 Å². The fraction of sp³-hybridized carbons (Fsp3) is 0.650. The number of piperidine rings is 1. The Bertz CT molecular complexity index is 507. The molecule has 0 aliphatic carbocycles. The second kappa shape index (κ2) is 11.8. The van der Waals surface area contributed by atoms with Gasteiger partial charge in [-0.15, -0.1) is 24.8 Å². The summed E-state index contributed by atoms with van der Waals surface area (Å²) < 4.78 is 0. The molecule has 0 radical (unpaired) electrons. The van der Waals surface area contributed by atoms with E-state index < -0.39 is 5.41 Å². The molecular formula is C20H35Cl2N3O. The molecule has 1 aliphatic heterocycles. The van der Waals surface area contributed by atoms with Crippen LogP contribution in [0.2, 0.25) is 0 Å². The molecule has 0 aromatic heterocycles. The smallest absolute Gasteiger partial charge is 0.227 e. The number of nitrogens with zero attached hydrogens (tertiary/aromatic N) is 1. The van der Waals surface area contributed by atoms with E-state index >= 15 is 0 Å². The van der Waals surface area contributed by atoms with Crippen molar-refractivity contribution in [3.8, 4) is 0 Å². The number of hydrogen-bond donors (Lipinski definition) is 2. The van der Waals surface area contributed by atoms with Crippen LogP contribution in [-0.2, 0) is 4.79 Å². The summed E-state index contributed by atoms with van der Waals surface area (Å²) in [5, 5.41) is 3.27. The molecule has 1 fully saturated rings. The summed E-state index contributed by atoms with van der Waals surface area (Å²) in [5.74, 6) is 0.143. The minimum atomic E-state index is -0.394. The van der Waals surface area contributed by atoms with Crippen molar-refractivity contribution in [3.05, 3.63) is 35.9 Å². The van der Waals surface area contributed by atoms with Crippen LogP contribution in [0.5, 0.6) is 0 Å². The SMILES string of the molecule is CCC(CC)(CN)C(=O)NC1CCN(C(C)c2ccccc2)CC1.Cl.Cl. The van der Waals surface area contributed by atoms with Crippen molar-refractivity contribution < 1.29 is 4.79 Å². The van der Waals surface area contributed by atoms with Crippen LogP contribution in [0.1, 0.15) is 58.1 Å². The van der Waals surface area contributed by atoms with Crippen molar-refractivity contribution in [1.82, 2.24) is 10.2 Å². The largest absolute Gasteiger partial charge is 0.353 e. The van der Waals surface area contributed by atoms with Crippen molar-refractivity contribution in [2.45, 2.75) is 58.5 Å². The van der Waals surface area contributed by atoms with Gasteiger partial charge >= 0.3 is 0 Å². The lowest BCUT2D eigenvalue weighted by atomic mass is 9.81. The Morgan fingerprint density at radius 3 is 2.19 bits per heavy atom. The Morgan fingerprint density at radius 2 is 1.73 bits per heavy atom. The van der Waals surface area contributed by atoms with Crippen LogP contribution < -0.4 is 11.1 Å². The number of likely N-dealkylation sites (tertiary alicyclic amines) is 1. The summed E-state index contributed by atoms with van der Waals surface area (Å²) in [6.45, 7) is 8.85. The van der Waals surface area contributed by atoms with Crippen molar-refractivity contribution in [1.29, 1.82) is 0 Å². The van der Waals surface area contributed by atoms with Crippen molar-refractivity contribution >= 4 is 30.7 Å². The molecule has 26 heavy (non-hydrogen) atoms. The molecule has 1 atom stereocenters. The van der Waals surface area contributed by atoms with Gasteiger partial charge in [0.1, 0.15) is 0 Å². The van der Waals surface area contributed by atoms with Gasteiger partial charge in [0, 0.05) is 31.7 Å². The standard InChI is InChI=1S/C20H33N3O.2ClH/c1-4-20(5-2,15-21)19(24)22-18-11-13-23(14-12-18)16(3)17-9-7-6-8-10-17;;/h6-10,16,18H,4-5,11-15,21H2,1-3H3,(H,22,24);2*1H. The van der Waals surface area contributed by atoms with Crippen LogP contribution in [0.15, 0.2) is 30.3 Å². The van der Waals surface area contributed by atoms with Gasteiger partial charge < -0.3 is 11.1 Å². The molecule has 0 bridgehead atoms. The third-order valence-electron chi connectivity index (χ3n) is 5.92. The third-order valence-corrected chi connectivity index (χ3v) is 5.92. The Morgan fingerprint density at radius 1 is 1.19 bits per heavy atom. The number of halogens is 2. The zero-order chi connectivity index (χ0) is 17.6. The minimum Gasteiger partial charge on any atom is -0.353 e. The van der Waals surface area contributed by atoms with E-state index in [0.29, 0.717) is 12.6 Å². The molecule has 1 amide bonds. The van der Waals surface area contributed by atoms with E-state index in [0.717, 1.165) is 38.8 Å². The van der Waals surface area contributed by atoms with Gasteiger partial charge in [-0.05, 0) is 38.2 Å². The Hall–Kier alpha value is -0.810. The summed E-state index contributed by atoms with van der Waals surface area (Å²) in [4.78, 5) is 15.2. The third kappa shape index (κ3) is 5.85. The second-order valence-corrected chi connectivity index (χ2v) is 7.06. The summed E-state index contributed by atoms with van der Waals surface area (Å²) in [5.41, 5.74) is 6.86. The first-order valence-electron chi connectivity index (χ1n) is 9.36. The normalized spacial score (nSPS) is 16.9. The fourth-order valence-corrected chi connectivity index (χ4v) is 3.66. The van der Waals surface area contributed by atoms with Crippen LogP contribution in [0.25, 0.3) is 0 Å². The highest BCUT2D eigenvalue weighted by atomic mass is 35.5. The highest BCUT2D eigenvalue weighted by Crippen LogP contribution is 2.27. The average molecular weight is 404 g/mol. The molecule has 1 saturated heterocycles. The van der Waals surface area contributed by atoms with E-state index in [9.17, 15) is 4.79 Å². The zero-order valence-electron chi connectivity index (χ0n) is 16.2. The number of hydrogen-bond acceptors (Lipinski definition) is 3. The number of carbonyl (C=O) groups excluding carboxylic acids is 1. The summed E-state index contributed by atoms with van der Waals surface area (Å²) in [6, 6.07) is 11.3. The van der Waals surface area contributed by atoms with Crippen molar-refractivity contribution in [3.63, 3.8) is 0 Å². The maximum absolute atomic E-state index is 12.7. The predicted molar refractivity (Wildman–Crippen MR) is 114 cm³/mol. The highest BCUT2D eigenvalue weighted by Gasteiger charge is 2.35. The van der Waals surface area contributed by atoms with Gasteiger partial charge in [-0.3, -0.25) is 9.69 Å². The monoisotopic (exact) mass is 403 g/mol. The topological polar surface area (TPSA) is 58.4 Å². The van der Waals surface area contributed by atoms with Gasteiger partial charge in [-0.2, -0.15) is 0 Å². The zero-order valence-corrected chi connectivity index (χ0v) is 17.9.